The summed E-state index contributed by atoms with van der Waals surface area (Å²) in [5.74, 6) is -0.704. The van der Waals surface area contributed by atoms with E-state index in [0.717, 1.165) is 5.56 Å². The number of amides is 1. The number of halogens is 1. The number of H-pyrrole nitrogens is 1. The fraction of sp³-hybridized carbons (Fsp3) is 0.143. The van der Waals surface area contributed by atoms with E-state index in [-0.39, 0.29) is 29.0 Å². The summed E-state index contributed by atoms with van der Waals surface area (Å²) in [4.78, 5) is 25.4. The summed E-state index contributed by atoms with van der Waals surface area (Å²) in [7, 11) is 0. The molecule has 2 aromatic rings. The molecule has 2 rings (SSSR count). The Labute approximate surface area is 109 Å². The minimum atomic E-state index is -0.380. The number of aromatic amines is 1. The highest BCUT2D eigenvalue weighted by molar-refractivity contribution is 5.92. The van der Waals surface area contributed by atoms with E-state index in [2.05, 4.69) is 10.3 Å². The largest absolute Gasteiger partial charge is 0.344 e. The zero-order valence-corrected chi connectivity index (χ0v) is 10.3. The van der Waals surface area contributed by atoms with E-state index in [4.69, 9.17) is 0 Å². The first-order valence-electron chi connectivity index (χ1n) is 5.82. The van der Waals surface area contributed by atoms with Crippen molar-refractivity contribution in [2.24, 2.45) is 0 Å². The summed E-state index contributed by atoms with van der Waals surface area (Å²) in [5.41, 5.74) is 0.650. The van der Waals surface area contributed by atoms with Gasteiger partial charge in [0, 0.05) is 6.07 Å². The topological polar surface area (TPSA) is 62.0 Å². The zero-order valence-electron chi connectivity index (χ0n) is 10.3. The van der Waals surface area contributed by atoms with Crippen LogP contribution in [-0.4, -0.2) is 10.9 Å². The van der Waals surface area contributed by atoms with Gasteiger partial charge in [-0.2, -0.15) is 0 Å². The minimum absolute atomic E-state index is 0.196. The fourth-order valence-electron chi connectivity index (χ4n) is 1.69. The first-order chi connectivity index (χ1) is 9.06. The molecule has 0 spiro atoms. The van der Waals surface area contributed by atoms with Crippen LogP contribution in [0.2, 0.25) is 0 Å². The molecule has 1 heterocycles. The highest BCUT2D eigenvalue weighted by Crippen LogP contribution is 2.13. The van der Waals surface area contributed by atoms with E-state index in [1.807, 2.05) is 0 Å². The van der Waals surface area contributed by atoms with Crippen molar-refractivity contribution in [2.45, 2.75) is 13.0 Å². The minimum Gasteiger partial charge on any atom is -0.344 e. The summed E-state index contributed by atoms with van der Waals surface area (Å²) in [5, 5.41) is 2.73. The van der Waals surface area contributed by atoms with Crippen LogP contribution in [0.4, 0.5) is 4.39 Å². The summed E-state index contributed by atoms with van der Waals surface area (Å²) in [6.45, 7) is 1.78. The van der Waals surface area contributed by atoms with Gasteiger partial charge in [0.1, 0.15) is 11.5 Å². The lowest BCUT2D eigenvalue weighted by atomic mass is 10.1. The molecule has 0 saturated carbocycles. The fourth-order valence-corrected chi connectivity index (χ4v) is 1.69. The van der Waals surface area contributed by atoms with Crippen LogP contribution in [0.15, 0.2) is 47.3 Å². The van der Waals surface area contributed by atoms with E-state index in [1.165, 1.54) is 30.3 Å². The molecule has 1 aromatic carbocycles. The van der Waals surface area contributed by atoms with Crippen molar-refractivity contribution in [1.82, 2.24) is 10.3 Å². The summed E-state index contributed by atoms with van der Waals surface area (Å²) < 4.78 is 12.8. The van der Waals surface area contributed by atoms with Gasteiger partial charge in [-0.1, -0.05) is 18.2 Å². The molecule has 19 heavy (non-hydrogen) atoms. The van der Waals surface area contributed by atoms with E-state index in [9.17, 15) is 14.0 Å². The van der Waals surface area contributed by atoms with Crippen LogP contribution in [-0.2, 0) is 0 Å². The van der Waals surface area contributed by atoms with Gasteiger partial charge in [-0.15, -0.1) is 0 Å². The quantitative estimate of drug-likeness (QED) is 0.886. The van der Waals surface area contributed by atoms with Crippen LogP contribution in [0.3, 0.4) is 0 Å². The number of hydrogen-bond acceptors (Lipinski definition) is 2. The van der Waals surface area contributed by atoms with Gasteiger partial charge in [0.05, 0.1) is 6.04 Å². The molecule has 0 fully saturated rings. The predicted octanol–water partition coefficient (Wildman–Crippen LogP) is 2.00. The normalized spacial score (nSPS) is 11.9. The molecule has 0 aliphatic carbocycles. The number of hydrogen-bond donors (Lipinski definition) is 2. The molecule has 1 atom stereocenters. The standard InChI is InChI=1S/C14H13FN2O2/c1-9(10-5-7-11(15)8-6-10)16-14(19)12-3-2-4-13(18)17-12/h2-9H,1H3,(H,16,19)(H,17,18). The first-order valence-corrected chi connectivity index (χ1v) is 5.82. The lowest BCUT2D eigenvalue weighted by Crippen LogP contribution is -2.28. The lowest BCUT2D eigenvalue weighted by molar-refractivity contribution is 0.0934. The Morgan fingerprint density at radius 3 is 2.53 bits per heavy atom. The van der Waals surface area contributed by atoms with E-state index < -0.39 is 0 Å². The lowest BCUT2D eigenvalue weighted by Gasteiger charge is -2.14. The molecule has 0 saturated heterocycles. The third-order valence-corrected chi connectivity index (χ3v) is 2.73. The molecule has 0 aliphatic rings. The number of pyridine rings is 1. The summed E-state index contributed by atoms with van der Waals surface area (Å²) in [6.07, 6.45) is 0. The Bertz CT molecular complexity index is 634. The van der Waals surface area contributed by atoms with Crippen molar-refractivity contribution in [3.8, 4) is 0 Å². The number of aromatic nitrogens is 1. The van der Waals surface area contributed by atoms with Gasteiger partial charge >= 0.3 is 0 Å². The predicted molar refractivity (Wildman–Crippen MR) is 69.3 cm³/mol. The Morgan fingerprint density at radius 2 is 1.89 bits per heavy atom. The first kappa shape index (κ1) is 13.0. The van der Waals surface area contributed by atoms with E-state index >= 15 is 0 Å². The van der Waals surface area contributed by atoms with Crippen LogP contribution < -0.4 is 10.9 Å². The molecule has 2 N–H and O–H groups in total. The monoisotopic (exact) mass is 260 g/mol. The molecule has 4 nitrogen and oxygen atoms in total. The highest BCUT2D eigenvalue weighted by atomic mass is 19.1. The average Bonchev–Trinajstić information content (AvgIpc) is 2.39. The Balaban J connectivity index is 2.10. The molecule has 0 bridgehead atoms. The van der Waals surface area contributed by atoms with Crippen molar-refractivity contribution < 1.29 is 9.18 Å². The van der Waals surface area contributed by atoms with Crippen LogP contribution in [0.5, 0.6) is 0 Å². The number of rotatable bonds is 3. The van der Waals surface area contributed by atoms with Crippen LogP contribution in [0, 0.1) is 5.82 Å². The van der Waals surface area contributed by atoms with Gasteiger partial charge in [-0.25, -0.2) is 4.39 Å². The molecule has 98 valence electrons. The van der Waals surface area contributed by atoms with Gasteiger partial charge in [0.2, 0.25) is 5.56 Å². The SMILES string of the molecule is CC(NC(=O)c1cccc(=O)[nH]1)c1ccc(F)cc1. The van der Waals surface area contributed by atoms with Gasteiger partial charge in [-0.05, 0) is 30.7 Å². The number of carbonyl (C=O) groups excluding carboxylic acids is 1. The number of nitrogens with one attached hydrogen (secondary N) is 2. The van der Waals surface area contributed by atoms with Crippen molar-refractivity contribution in [3.05, 3.63) is 69.9 Å². The van der Waals surface area contributed by atoms with Crippen LogP contribution >= 0.6 is 0 Å². The molecule has 1 unspecified atom stereocenters. The third kappa shape index (κ3) is 3.28. The maximum Gasteiger partial charge on any atom is 0.268 e. The second-order valence-corrected chi connectivity index (χ2v) is 4.18. The van der Waals surface area contributed by atoms with Crippen LogP contribution in [0.25, 0.3) is 0 Å². The molecule has 1 amide bonds. The Hall–Kier alpha value is -2.43. The molecular weight excluding hydrogens is 247 g/mol. The zero-order chi connectivity index (χ0) is 13.8. The average molecular weight is 260 g/mol. The maximum atomic E-state index is 12.8. The second kappa shape index (κ2) is 5.48. The van der Waals surface area contributed by atoms with E-state index in [0.29, 0.717) is 0 Å². The van der Waals surface area contributed by atoms with Crippen molar-refractivity contribution in [3.63, 3.8) is 0 Å². The van der Waals surface area contributed by atoms with Crippen molar-refractivity contribution in [1.29, 1.82) is 0 Å². The van der Waals surface area contributed by atoms with Gasteiger partial charge in [-0.3, -0.25) is 9.59 Å². The highest BCUT2D eigenvalue weighted by Gasteiger charge is 2.11. The third-order valence-electron chi connectivity index (χ3n) is 2.73. The number of benzene rings is 1. The molecule has 0 aliphatic heterocycles. The second-order valence-electron chi connectivity index (χ2n) is 4.18. The molecule has 5 heteroatoms. The molecule has 0 radical (unpaired) electrons. The summed E-state index contributed by atoms with van der Waals surface area (Å²) in [6, 6.07) is 9.97. The Kier molecular flexibility index (Phi) is 3.75. The Morgan fingerprint density at radius 1 is 1.21 bits per heavy atom. The van der Waals surface area contributed by atoms with Gasteiger partial charge in [0.25, 0.3) is 5.91 Å². The van der Waals surface area contributed by atoms with E-state index in [1.54, 1.807) is 19.1 Å². The van der Waals surface area contributed by atoms with Crippen molar-refractivity contribution >= 4 is 5.91 Å². The van der Waals surface area contributed by atoms with Crippen LogP contribution in [0.1, 0.15) is 29.0 Å². The maximum absolute atomic E-state index is 12.8. The molecule has 1 aromatic heterocycles. The number of carbonyl (C=O) groups is 1. The smallest absolute Gasteiger partial charge is 0.268 e. The van der Waals surface area contributed by atoms with Gasteiger partial charge < -0.3 is 10.3 Å². The van der Waals surface area contributed by atoms with Gasteiger partial charge in [0.15, 0.2) is 0 Å². The van der Waals surface area contributed by atoms with Crippen molar-refractivity contribution in [2.75, 3.05) is 0 Å². The summed E-state index contributed by atoms with van der Waals surface area (Å²) >= 11 is 0. The molecular formula is C14H13FN2O2.